The first kappa shape index (κ1) is 16.2. The van der Waals surface area contributed by atoms with Crippen molar-refractivity contribution < 1.29 is 19.1 Å². The molecule has 6 heteroatoms. The minimum Gasteiger partial charge on any atom is -0.464 e. The summed E-state index contributed by atoms with van der Waals surface area (Å²) in [6.07, 6.45) is 0.118. The largest absolute Gasteiger partial charge is 0.464 e. The number of rotatable bonds is 5. The van der Waals surface area contributed by atoms with Crippen LogP contribution in [0.15, 0.2) is 0 Å². The minimum absolute atomic E-state index is 0.338. The Hall–Kier alpha value is -0.780. The van der Waals surface area contributed by atoms with Gasteiger partial charge in [-0.05, 0) is 34.1 Å². The van der Waals surface area contributed by atoms with Crippen LogP contribution in [0.3, 0.4) is 0 Å². The molecule has 17 heavy (non-hydrogen) atoms. The molecule has 0 saturated carbocycles. The predicted octanol–water partition coefficient (Wildman–Crippen LogP) is 2.23. The molecule has 0 heterocycles. The number of amides is 1. The highest BCUT2D eigenvalue weighted by Gasteiger charge is 2.21. The van der Waals surface area contributed by atoms with Crippen LogP contribution < -0.4 is 5.32 Å². The van der Waals surface area contributed by atoms with Gasteiger partial charge in [0.2, 0.25) is 0 Å². The molecule has 0 rings (SSSR count). The Morgan fingerprint density at radius 2 is 1.94 bits per heavy atom. The summed E-state index contributed by atoms with van der Waals surface area (Å²) in [7, 11) is 0. The van der Waals surface area contributed by atoms with E-state index < -0.39 is 23.7 Å². The Kier molecular flexibility index (Phi) is 7.18. The molecular formula is C11H20BrNO4. The van der Waals surface area contributed by atoms with Crippen molar-refractivity contribution in [3.05, 3.63) is 0 Å². The number of ether oxygens (including phenoxy) is 2. The molecule has 0 unspecified atom stereocenters. The monoisotopic (exact) mass is 309 g/mol. The molecule has 0 aromatic heterocycles. The summed E-state index contributed by atoms with van der Waals surface area (Å²) < 4.78 is 9.95. The fraction of sp³-hybridized carbons (Fsp3) is 0.818. The molecule has 100 valence electrons. The minimum atomic E-state index is -0.708. The highest BCUT2D eigenvalue weighted by atomic mass is 79.9. The molecular weight excluding hydrogens is 290 g/mol. The van der Waals surface area contributed by atoms with Crippen molar-refractivity contribution in [3.63, 3.8) is 0 Å². The van der Waals surface area contributed by atoms with E-state index in [0.717, 1.165) is 11.8 Å². The first-order chi connectivity index (χ1) is 7.76. The van der Waals surface area contributed by atoms with Crippen LogP contribution in [0, 0.1) is 0 Å². The number of hydrogen-bond donors (Lipinski definition) is 1. The maximum absolute atomic E-state index is 11.4. The third kappa shape index (κ3) is 8.97. The van der Waals surface area contributed by atoms with Crippen molar-refractivity contribution >= 4 is 28.0 Å². The summed E-state index contributed by atoms with van der Waals surface area (Å²) in [4.78, 5) is 22.8. The van der Waals surface area contributed by atoms with E-state index >= 15 is 0 Å². The van der Waals surface area contributed by atoms with E-state index in [1.165, 1.54) is 0 Å². The van der Waals surface area contributed by atoms with Crippen molar-refractivity contribution in [1.82, 2.24) is 5.32 Å². The molecule has 0 aliphatic carbocycles. The van der Waals surface area contributed by atoms with E-state index in [2.05, 4.69) is 21.2 Å². The van der Waals surface area contributed by atoms with Crippen LogP contribution in [-0.2, 0) is 14.3 Å². The van der Waals surface area contributed by atoms with Gasteiger partial charge >= 0.3 is 12.1 Å². The van der Waals surface area contributed by atoms with Crippen molar-refractivity contribution in [2.45, 2.75) is 45.8 Å². The van der Waals surface area contributed by atoms with Gasteiger partial charge in [-0.25, -0.2) is 9.59 Å². The van der Waals surface area contributed by atoms with Crippen LogP contribution in [0.4, 0.5) is 4.79 Å². The van der Waals surface area contributed by atoms with Gasteiger partial charge in [0.15, 0.2) is 0 Å². The number of carbonyl (C=O) groups excluding carboxylic acids is 2. The number of esters is 1. The Morgan fingerprint density at radius 1 is 1.35 bits per heavy atom. The Morgan fingerprint density at radius 3 is 2.41 bits per heavy atom. The molecule has 0 fully saturated rings. The summed E-state index contributed by atoms with van der Waals surface area (Å²) in [5, 5.41) is 3.19. The van der Waals surface area contributed by atoms with E-state index in [0.29, 0.717) is 6.61 Å². The molecule has 5 nitrogen and oxygen atoms in total. The molecule has 0 saturated heterocycles. The summed E-state index contributed by atoms with van der Waals surface area (Å²) in [6.45, 7) is 7.16. The topological polar surface area (TPSA) is 64.6 Å². The molecule has 1 N–H and O–H groups in total. The molecule has 0 aliphatic rings. The second-order valence-electron chi connectivity index (χ2n) is 4.58. The zero-order valence-corrected chi connectivity index (χ0v) is 12.3. The zero-order valence-electron chi connectivity index (χ0n) is 10.7. The highest BCUT2D eigenvalue weighted by Crippen LogP contribution is 2.06. The van der Waals surface area contributed by atoms with Crippen molar-refractivity contribution in [1.29, 1.82) is 0 Å². The highest BCUT2D eigenvalue weighted by molar-refractivity contribution is 9.09. The number of alkyl halides is 1. The van der Waals surface area contributed by atoms with Crippen molar-refractivity contribution in [3.8, 4) is 0 Å². The number of alkyl carbamates (subject to hydrolysis) is 1. The van der Waals surface area contributed by atoms with Gasteiger partial charge < -0.3 is 14.8 Å². The van der Waals surface area contributed by atoms with Crippen molar-refractivity contribution in [2.75, 3.05) is 11.9 Å². The molecule has 1 amide bonds. The van der Waals surface area contributed by atoms with Gasteiger partial charge in [0.05, 0.1) is 6.61 Å². The van der Waals surface area contributed by atoms with Gasteiger partial charge in [-0.2, -0.15) is 0 Å². The normalized spacial score (nSPS) is 12.8. The van der Waals surface area contributed by atoms with Gasteiger partial charge in [0, 0.05) is 5.33 Å². The maximum atomic E-state index is 11.4. The van der Waals surface area contributed by atoms with Crippen molar-refractivity contribution in [2.24, 2.45) is 0 Å². The lowest BCUT2D eigenvalue weighted by Gasteiger charge is -2.21. The van der Waals surface area contributed by atoms with Gasteiger partial charge in [-0.15, -0.1) is 0 Å². The van der Waals surface area contributed by atoms with Gasteiger partial charge in [0.1, 0.15) is 11.6 Å². The number of hydrogen-bond acceptors (Lipinski definition) is 4. The molecule has 0 aromatic rings. The standard InChI is InChI=1S/C11H20BrNO4/c1-8(9(14)16-7-5-6-12)13-10(15)17-11(2,3)4/h8H,5-7H2,1-4H3,(H,13,15)/t8-/m0/s1. The summed E-state index contributed by atoms with van der Waals surface area (Å²) in [5.74, 6) is -0.461. The lowest BCUT2D eigenvalue weighted by atomic mass is 10.2. The van der Waals surface area contributed by atoms with E-state index in [-0.39, 0.29) is 0 Å². The lowest BCUT2D eigenvalue weighted by Crippen LogP contribution is -2.42. The molecule has 0 bridgehead atoms. The molecule has 1 atom stereocenters. The SMILES string of the molecule is C[C@H](NC(=O)OC(C)(C)C)C(=O)OCCCBr. The predicted molar refractivity (Wildman–Crippen MR) is 68.2 cm³/mol. The first-order valence-corrected chi connectivity index (χ1v) is 6.60. The maximum Gasteiger partial charge on any atom is 0.408 e. The van der Waals surface area contributed by atoms with Crippen LogP contribution in [0.2, 0.25) is 0 Å². The van der Waals surface area contributed by atoms with Gasteiger partial charge in [-0.3, -0.25) is 0 Å². The molecule has 0 spiro atoms. The molecule has 0 aromatic carbocycles. The van der Waals surface area contributed by atoms with Crippen LogP contribution in [0.5, 0.6) is 0 Å². The third-order valence-corrected chi connectivity index (χ3v) is 2.17. The second kappa shape index (κ2) is 7.53. The summed E-state index contributed by atoms with van der Waals surface area (Å²) >= 11 is 3.23. The van der Waals surface area contributed by atoms with Crippen LogP contribution >= 0.6 is 15.9 Å². The molecule has 0 radical (unpaired) electrons. The quantitative estimate of drug-likeness (QED) is 0.480. The second-order valence-corrected chi connectivity index (χ2v) is 5.37. The van der Waals surface area contributed by atoms with E-state index in [4.69, 9.17) is 9.47 Å². The van der Waals surface area contributed by atoms with E-state index in [1.807, 2.05) is 0 Å². The van der Waals surface area contributed by atoms with Gasteiger partial charge in [-0.1, -0.05) is 15.9 Å². The average molecular weight is 310 g/mol. The number of nitrogens with one attached hydrogen (secondary N) is 1. The lowest BCUT2D eigenvalue weighted by molar-refractivity contribution is -0.145. The summed E-state index contributed by atoms with van der Waals surface area (Å²) in [6, 6.07) is -0.708. The van der Waals surface area contributed by atoms with Crippen LogP contribution in [-0.4, -0.2) is 35.6 Å². The zero-order chi connectivity index (χ0) is 13.5. The molecule has 0 aliphatic heterocycles. The van der Waals surface area contributed by atoms with E-state index in [1.54, 1.807) is 27.7 Å². The van der Waals surface area contributed by atoms with E-state index in [9.17, 15) is 9.59 Å². The average Bonchev–Trinajstić information content (AvgIpc) is 2.14. The number of halogens is 1. The fourth-order valence-corrected chi connectivity index (χ4v) is 1.12. The number of carbonyl (C=O) groups is 2. The Labute approximate surface area is 110 Å². The van der Waals surface area contributed by atoms with Gasteiger partial charge in [0.25, 0.3) is 0 Å². The van der Waals surface area contributed by atoms with Crippen LogP contribution in [0.25, 0.3) is 0 Å². The Balaban J connectivity index is 3.95. The smallest absolute Gasteiger partial charge is 0.408 e. The van der Waals surface area contributed by atoms with Crippen LogP contribution in [0.1, 0.15) is 34.1 Å². The summed E-state index contributed by atoms with van der Waals surface area (Å²) in [5.41, 5.74) is -0.580. The third-order valence-electron chi connectivity index (χ3n) is 1.61. The fourth-order valence-electron chi connectivity index (χ4n) is 0.896. The Bertz CT molecular complexity index is 263. The first-order valence-electron chi connectivity index (χ1n) is 5.48.